The molecular formula is C24H22N2O4S. The van der Waals surface area contributed by atoms with Crippen molar-refractivity contribution in [3.63, 3.8) is 0 Å². The summed E-state index contributed by atoms with van der Waals surface area (Å²) in [6, 6.07) is 17.9. The zero-order valence-electron chi connectivity index (χ0n) is 17.2. The third kappa shape index (κ3) is 4.62. The molecule has 0 saturated heterocycles. The van der Waals surface area contributed by atoms with Crippen LogP contribution in [0.4, 0.5) is 5.69 Å². The number of rotatable bonds is 7. The lowest BCUT2D eigenvalue weighted by atomic mass is 10.1. The highest BCUT2D eigenvalue weighted by molar-refractivity contribution is 7.21. The van der Waals surface area contributed by atoms with E-state index in [1.54, 1.807) is 30.3 Å². The van der Waals surface area contributed by atoms with Crippen LogP contribution >= 0.6 is 11.3 Å². The summed E-state index contributed by atoms with van der Waals surface area (Å²) in [7, 11) is 0. The number of para-hydroxylation sites is 1. The summed E-state index contributed by atoms with van der Waals surface area (Å²) < 4.78 is 12.1. The first-order chi connectivity index (χ1) is 15.1. The topological polar surface area (TPSA) is 80.7 Å². The summed E-state index contributed by atoms with van der Waals surface area (Å²) >= 11 is 1.51. The maximum atomic E-state index is 12.8. The minimum atomic E-state index is -0.324. The number of ether oxygens (including phenoxy) is 2. The third-order valence-corrected chi connectivity index (χ3v) is 5.61. The van der Waals surface area contributed by atoms with Gasteiger partial charge in [0.25, 0.3) is 5.91 Å². The number of aromatic hydroxyl groups is 1. The van der Waals surface area contributed by atoms with Crippen molar-refractivity contribution in [3.05, 3.63) is 66.2 Å². The van der Waals surface area contributed by atoms with Crippen LogP contribution in [0.1, 0.15) is 24.2 Å². The highest BCUT2D eigenvalue weighted by Gasteiger charge is 2.14. The molecule has 4 aromatic rings. The maximum absolute atomic E-state index is 12.8. The quantitative estimate of drug-likeness (QED) is 0.389. The van der Waals surface area contributed by atoms with Crippen LogP contribution in [0.3, 0.4) is 0 Å². The van der Waals surface area contributed by atoms with Gasteiger partial charge in [0.1, 0.15) is 22.3 Å². The fourth-order valence-electron chi connectivity index (χ4n) is 3.18. The molecule has 3 aromatic carbocycles. The van der Waals surface area contributed by atoms with Gasteiger partial charge in [-0.1, -0.05) is 12.1 Å². The molecule has 0 aliphatic rings. The van der Waals surface area contributed by atoms with Crippen LogP contribution in [0.15, 0.2) is 60.7 Å². The Balaban J connectivity index is 1.57. The molecule has 0 spiro atoms. The van der Waals surface area contributed by atoms with Gasteiger partial charge in [-0.3, -0.25) is 4.79 Å². The zero-order valence-corrected chi connectivity index (χ0v) is 18.0. The monoisotopic (exact) mass is 434 g/mol. The van der Waals surface area contributed by atoms with Crippen LogP contribution in [0.2, 0.25) is 0 Å². The average molecular weight is 435 g/mol. The van der Waals surface area contributed by atoms with Crippen molar-refractivity contribution in [3.8, 4) is 27.8 Å². The Labute approximate surface area is 184 Å². The predicted molar refractivity (Wildman–Crippen MR) is 123 cm³/mol. The molecule has 0 unspecified atom stereocenters. The molecule has 0 aliphatic heterocycles. The van der Waals surface area contributed by atoms with Gasteiger partial charge in [0.15, 0.2) is 0 Å². The highest BCUT2D eigenvalue weighted by atomic mass is 32.1. The number of aromatic nitrogens is 1. The number of carbonyl (C=O) groups excluding carboxylic acids is 1. The first-order valence-electron chi connectivity index (χ1n) is 9.98. The molecule has 6 nitrogen and oxygen atoms in total. The van der Waals surface area contributed by atoms with E-state index >= 15 is 0 Å². The molecule has 7 heteroatoms. The first kappa shape index (κ1) is 20.7. The van der Waals surface area contributed by atoms with E-state index in [1.807, 2.05) is 38.1 Å². The minimum absolute atomic E-state index is 0.0509. The summed E-state index contributed by atoms with van der Waals surface area (Å²) in [5, 5.41) is 14.1. The largest absolute Gasteiger partial charge is 0.507 e. The number of thiazole rings is 1. The SMILES string of the molecule is CCOc1cc(OCC)cc(C(=O)Nc2ccc(-c3nc4ccccc4s3)c(O)c2)c1. The van der Waals surface area contributed by atoms with Gasteiger partial charge < -0.3 is 19.9 Å². The van der Waals surface area contributed by atoms with E-state index in [2.05, 4.69) is 10.3 Å². The molecule has 1 amide bonds. The Morgan fingerprint density at radius 1 is 1.00 bits per heavy atom. The second-order valence-electron chi connectivity index (χ2n) is 6.73. The minimum Gasteiger partial charge on any atom is -0.507 e. The van der Waals surface area contributed by atoms with Gasteiger partial charge in [0.2, 0.25) is 0 Å². The molecule has 2 N–H and O–H groups in total. The number of hydrogen-bond donors (Lipinski definition) is 2. The number of phenolic OH excluding ortho intramolecular Hbond substituents is 1. The van der Waals surface area contributed by atoms with Crippen molar-refractivity contribution in [1.29, 1.82) is 0 Å². The Morgan fingerprint density at radius 3 is 2.35 bits per heavy atom. The molecule has 158 valence electrons. The van der Waals surface area contributed by atoms with E-state index < -0.39 is 0 Å². The summed E-state index contributed by atoms with van der Waals surface area (Å²) in [5.41, 5.74) is 2.39. The predicted octanol–water partition coefficient (Wildman–Crippen LogP) is 5.72. The molecule has 31 heavy (non-hydrogen) atoms. The van der Waals surface area contributed by atoms with Gasteiger partial charge >= 0.3 is 0 Å². The maximum Gasteiger partial charge on any atom is 0.255 e. The number of amides is 1. The number of nitrogens with zero attached hydrogens (tertiary/aromatic N) is 1. The first-order valence-corrected chi connectivity index (χ1v) is 10.8. The summed E-state index contributed by atoms with van der Waals surface area (Å²) in [6.07, 6.45) is 0. The van der Waals surface area contributed by atoms with Gasteiger partial charge in [-0.2, -0.15) is 0 Å². The fourth-order valence-corrected chi connectivity index (χ4v) is 4.18. The number of fused-ring (bicyclic) bond motifs is 1. The Bertz CT molecular complexity index is 1180. The number of phenols is 1. The van der Waals surface area contributed by atoms with Crippen LogP contribution in [0, 0.1) is 0 Å². The summed E-state index contributed by atoms with van der Waals surface area (Å²) in [4.78, 5) is 17.4. The van der Waals surface area contributed by atoms with E-state index in [0.29, 0.717) is 41.5 Å². The molecule has 0 fully saturated rings. The molecule has 1 heterocycles. The normalized spacial score (nSPS) is 10.8. The van der Waals surface area contributed by atoms with Gasteiger partial charge in [0.05, 0.1) is 29.0 Å². The smallest absolute Gasteiger partial charge is 0.255 e. The van der Waals surface area contributed by atoms with Crippen molar-refractivity contribution in [2.75, 3.05) is 18.5 Å². The van der Waals surface area contributed by atoms with E-state index in [0.717, 1.165) is 15.2 Å². The van der Waals surface area contributed by atoms with Crippen LogP contribution in [-0.2, 0) is 0 Å². The third-order valence-electron chi connectivity index (χ3n) is 4.54. The molecule has 4 rings (SSSR count). The van der Waals surface area contributed by atoms with E-state index in [-0.39, 0.29) is 11.7 Å². The van der Waals surface area contributed by atoms with E-state index in [9.17, 15) is 9.90 Å². The van der Waals surface area contributed by atoms with Gasteiger partial charge in [-0.25, -0.2) is 4.98 Å². The Kier molecular flexibility index (Phi) is 6.04. The standard InChI is InChI=1S/C24H22N2O4S/c1-3-29-17-11-15(12-18(14-17)30-4-2)23(28)25-16-9-10-19(21(27)13-16)24-26-20-7-5-6-8-22(20)31-24/h5-14,27H,3-4H2,1-2H3,(H,25,28). The van der Waals surface area contributed by atoms with Crippen LogP contribution in [-0.4, -0.2) is 29.2 Å². The summed E-state index contributed by atoms with van der Waals surface area (Å²) in [5.74, 6) is 0.852. The Hall–Kier alpha value is -3.58. The molecule has 0 radical (unpaired) electrons. The number of hydrogen-bond acceptors (Lipinski definition) is 6. The van der Waals surface area contributed by atoms with Crippen molar-refractivity contribution >= 4 is 33.1 Å². The molecule has 0 atom stereocenters. The van der Waals surface area contributed by atoms with Crippen molar-refractivity contribution in [1.82, 2.24) is 4.98 Å². The number of carbonyl (C=O) groups is 1. The van der Waals surface area contributed by atoms with Crippen molar-refractivity contribution in [2.24, 2.45) is 0 Å². The van der Waals surface area contributed by atoms with Gasteiger partial charge in [-0.15, -0.1) is 11.3 Å². The van der Waals surface area contributed by atoms with Crippen LogP contribution < -0.4 is 14.8 Å². The van der Waals surface area contributed by atoms with Gasteiger partial charge in [-0.05, 0) is 50.2 Å². The Morgan fingerprint density at radius 2 is 1.71 bits per heavy atom. The van der Waals surface area contributed by atoms with Crippen molar-refractivity contribution in [2.45, 2.75) is 13.8 Å². The van der Waals surface area contributed by atoms with E-state index in [4.69, 9.17) is 9.47 Å². The number of benzene rings is 3. The molecule has 0 bridgehead atoms. The molecule has 0 saturated carbocycles. The lowest BCUT2D eigenvalue weighted by Crippen LogP contribution is -2.12. The lowest BCUT2D eigenvalue weighted by Gasteiger charge is -2.12. The molecular weight excluding hydrogens is 412 g/mol. The van der Waals surface area contributed by atoms with Gasteiger partial charge in [0, 0.05) is 23.4 Å². The second kappa shape index (κ2) is 9.06. The van der Waals surface area contributed by atoms with Crippen LogP contribution in [0.25, 0.3) is 20.8 Å². The molecule has 1 aromatic heterocycles. The zero-order chi connectivity index (χ0) is 21.8. The lowest BCUT2D eigenvalue weighted by molar-refractivity contribution is 0.102. The number of anilines is 1. The fraction of sp³-hybridized carbons (Fsp3) is 0.167. The van der Waals surface area contributed by atoms with E-state index in [1.165, 1.54) is 17.4 Å². The highest BCUT2D eigenvalue weighted by Crippen LogP contribution is 2.36. The van der Waals surface area contributed by atoms with Crippen LogP contribution in [0.5, 0.6) is 17.2 Å². The summed E-state index contributed by atoms with van der Waals surface area (Å²) in [6.45, 7) is 4.72. The molecule has 0 aliphatic carbocycles. The second-order valence-corrected chi connectivity index (χ2v) is 7.76. The average Bonchev–Trinajstić information content (AvgIpc) is 3.18. The van der Waals surface area contributed by atoms with Crippen molar-refractivity contribution < 1.29 is 19.4 Å². The number of nitrogens with one attached hydrogen (secondary N) is 1.